The van der Waals surface area contributed by atoms with E-state index in [9.17, 15) is 18.3 Å². The number of nitrogens with zero attached hydrogens (tertiary/aromatic N) is 1. The van der Waals surface area contributed by atoms with Crippen LogP contribution in [0, 0.1) is 40.4 Å². The van der Waals surface area contributed by atoms with Gasteiger partial charge in [-0.3, -0.25) is 4.79 Å². The maximum absolute atomic E-state index is 13.4. The van der Waals surface area contributed by atoms with E-state index in [2.05, 4.69) is 13.8 Å². The minimum Gasteiger partial charge on any atom is -0.392 e. The predicted octanol–water partition coefficient (Wildman–Crippen LogP) is 3.57. The molecule has 5 fully saturated rings. The maximum Gasteiger partial charge on any atom is 0.241 e. The van der Waals surface area contributed by atoms with Gasteiger partial charge in [0, 0.05) is 5.41 Å². The molecule has 1 unspecified atom stereocenters. The van der Waals surface area contributed by atoms with Crippen molar-refractivity contribution in [2.45, 2.75) is 90.7 Å². The summed E-state index contributed by atoms with van der Waals surface area (Å²) in [5.41, 5.74) is -0.331. The zero-order chi connectivity index (χ0) is 20.8. The molecule has 0 aromatic carbocycles. The average Bonchev–Trinajstić information content (AvgIpc) is 3.25. The first-order valence-electron chi connectivity index (χ1n) is 11.8. The molecule has 1 saturated heterocycles. The van der Waals surface area contributed by atoms with E-state index in [-0.39, 0.29) is 28.5 Å². The Morgan fingerprint density at radius 2 is 1.76 bits per heavy atom. The summed E-state index contributed by atoms with van der Waals surface area (Å²) in [6.07, 6.45) is 8.97. The van der Waals surface area contributed by atoms with Crippen LogP contribution in [0.1, 0.15) is 78.6 Å². The molecular formula is C23H37NO4S. The molecule has 1 heterocycles. The molecular weight excluding hydrogens is 386 g/mol. The molecule has 5 nitrogen and oxygen atoms in total. The topological polar surface area (TPSA) is 74.7 Å². The van der Waals surface area contributed by atoms with Crippen molar-refractivity contribution in [3.8, 4) is 0 Å². The fraction of sp³-hybridized carbons (Fsp3) is 0.957. The number of rotatable bonds is 4. The van der Waals surface area contributed by atoms with Gasteiger partial charge in [0.1, 0.15) is 0 Å². The number of aliphatic hydroxyl groups excluding tert-OH is 1. The second kappa shape index (κ2) is 6.44. The van der Waals surface area contributed by atoms with Crippen LogP contribution >= 0.6 is 0 Å². The standard InChI is InChI=1S/C23H37NO4S/c1-14(19(25)11-17-9-15-4-5-16(8-15)10-17)21(26)24-20-12-18-6-7-23(20,22(18,2)3)13-29(24,27)28/h14-20,25H,4-13H2,1-3H3/t14-,15-,16+,17?,18+,19-,20+,23+/m1/s1. The van der Waals surface area contributed by atoms with Crippen LogP contribution in [0.15, 0.2) is 0 Å². The van der Waals surface area contributed by atoms with E-state index in [1.807, 2.05) is 0 Å². The van der Waals surface area contributed by atoms with Crippen molar-refractivity contribution in [3.05, 3.63) is 0 Å². The van der Waals surface area contributed by atoms with Crippen LogP contribution in [-0.2, 0) is 14.8 Å². The van der Waals surface area contributed by atoms with E-state index in [1.54, 1.807) is 6.92 Å². The van der Waals surface area contributed by atoms with E-state index in [1.165, 1.54) is 23.6 Å². The molecule has 164 valence electrons. The molecule has 5 rings (SSSR count). The van der Waals surface area contributed by atoms with Crippen LogP contribution in [0.25, 0.3) is 0 Å². The summed E-state index contributed by atoms with van der Waals surface area (Å²) >= 11 is 0. The van der Waals surface area contributed by atoms with Crippen LogP contribution in [0.5, 0.6) is 0 Å². The molecule has 1 amide bonds. The molecule has 1 N–H and O–H groups in total. The van der Waals surface area contributed by atoms with Crippen molar-refractivity contribution in [3.63, 3.8) is 0 Å². The second-order valence-electron chi connectivity index (χ2n) is 11.7. The first-order valence-corrected chi connectivity index (χ1v) is 13.4. The number of amides is 1. The summed E-state index contributed by atoms with van der Waals surface area (Å²) in [5.74, 6) is 1.67. The monoisotopic (exact) mass is 423 g/mol. The zero-order valence-corrected chi connectivity index (χ0v) is 19.0. The fourth-order valence-corrected chi connectivity index (χ4v) is 10.9. The summed E-state index contributed by atoms with van der Waals surface area (Å²) in [5, 5.41) is 10.9. The summed E-state index contributed by atoms with van der Waals surface area (Å²) in [6.45, 7) is 6.14. The van der Waals surface area contributed by atoms with Crippen molar-refractivity contribution >= 4 is 15.9 Å². The molecule has 5 aliphatic rings. The SMILES string of the molecule is C[C@@H](C(=O)N1[C@H]2C[C@@H]3CC[C@@]2(CS1(=O)=O)C3(C)C)[C@H](O)CC1C[C@H]2CC[C@@H](C1)C2. The third kappa shape index (κ3) is 2.80. The highest BCUT2D eigenvalue weighted by molar-refractivity contribution is 7.90. The molecule has 0 aromatic rings. The Morgan fingerprint density at radius 3 is 2.38 bits per heavy atom. The molecule has 4 bridgehead atoms. The third-order valence-corrected chi connectivity index (χ3v) is 12.1. The third-order valence-electron chi connectivity index (χ3n) is 10.2. The Labute approximate surface area is 175 Å². The zero-order valence-electron chi connectivity index (χ0n) is 18.1. The Kier molecular flexibility index (Phi) is 4.51. The lowest BCUT2D eigenvalue weighted by Gasteiger charge is -2.37. The number of aliphatic hydroxyl groups is 1. The van der Waals surface area contributed by atoms with Gasteiger partial charge in [0.15, 0.2) is 0 Å². The number of fused-ring (bicyclic) bond motifs is 3. The van der Waals surface area contributed by atoms with Crippen LogP contribution in [-0.4, -0.2) is 41.6 Å². The maximum atomic E-state index is 13.4. The first-order chi connectivity index (χ1) is 13.5. The molecule has 4 saturated carbocycles. The van der Waals surface area contributed by atoms with Gasteiger partial charge in [-0.05, 0) is 74.0 Å². The van der Waals surface area contributed by atoms with Gasteiger partial charge in [-0.2, -0.15) is 0 Å². The van der Waals surface area contributed by atoms with Gasteiger partial charge in [-0.15, -0.1) is 0 Å². The molecule has 8 atom stereocenters. The molecule has 1 aliphatic heterocycles. The van der Waals surface area contributed by atoms with Crippen molar-refractivity contribution in [2.24, 2.45) is 40.4 Å². The van der Waals surface area contributed by atoms with E-state index in [4.69, 9.17) is 0 Å². The van der Waals surface area contributed by atoms with Gasteiger partial charge >= 0.3 is 0 Å². The molecule has 0 aromatic heterocycles. The summed E-state index contributed by atoms with van der Waals surface area (Å²) in [4.78, 5) is 13.4. The van der Waals surface area contributed by atoms with Crippen molar-refractivity contribution < 1.29 is 18.3 Å². The van der Waals surface area contributed by atoms with E-state index < -0.39 is 22.0 Å². The van der Waals surface area contributed by atoms with Crippen molar-refractivity contribution in [1.29, 1.82) is 0 Å². The minimum atomic E-state index is -3.61. The van der Waals surface area contributed by atoms with Crippen molar-refractivity contribution in [2.75, 3.05) is 5.75 Å². The number of carbonyl (C=O) groups is 1. The Bertz CT molecular complexity index is 796. The van der Waals surface area contributed by atoms with E-state index >= 15 is 0 Å². The van der Waals surface area contributed by atoms with E-state index in [0.717, 1.165) is 43.9 Å². The lowest BCUT2D eigenvalue weighted by molar-refractivity contribution is -0.136. The normalized spacial score (nSPS) is 45.9. The highest BCUT2D eigenvalue weighted by Crippen LogP contribution is 2.70. The summed E-state index contributed by atoms with van der Waals surface area (Å²) in [7, 11) is -3.61. The van der Waals surface area contributed by atoms with Crippen LogP contribution < -0.4 is 0 Å². The largest absolute Gasteiger partial charge is 0.392 e. The van der Waals surface area contributed by atoms with Gasteiger partial charge in [0.2, 0.25) is 15.9 Å². The molecule has 0 radical (unpaired) electrons. The smallest absolute Gasteiger partial charge is 0.241 e. The Morgan fingerprint density at radius 1 is 1.10 bits per heavy atom. The lowest BCUT2D eigenvalue weighted by Crippen LogP contribution is -2.48. The molecule has 1 spiro atoms. The van der Waals surface area contributed by atoms with Gasteiger partial charge in [-0.1, -0.05) is 33.6 Å². The highest BCUT2D eigenvalue weighted by Gasteiger charge is 2.72. The quantitative estimate of drug-likeness (QED) is 0.750. The molecule has 6 heteroatoms. The van der Waals surface area contributed by atoms with E-state index in [0.29, 0.717) is 18.3 Å². The number of hydrogen-bond acceptors (Lipinski definition) is 4. The Balaban J connectivity index is 1.32. The minimum absolute atomic E-state index is 0.0387. The summed E-state index contributed by atoms with van der Waals surface area (Å²) < 4.78 is 27.5. The van der Waals surface area contributed by atoms with Gasteiger partial charge in [0.25, 0.3) is 0 Å². The number of sulfonamides is 1. The number of hydrogen-bond donors (Lipinski definition) is 1. The molecule has 29 heavy (non-hydrogen) atoms. The highest BCUT2D eigenvalue weighted by atomic mass is 32.2. The Hall–Kier alpha value is -0.620. The molecule has 4 aliphatic carbocycles. The van der Waals surface area contributed by atoms with Gasteiger partial charge in [0.05, 0.1) is 23.8 Å². The first kappa shape index (κ1) is 20.3. The second-order valence-corrected chi connectivity index (χ2v) is 13.6. The average molecular weight is 424 g/mol. The van der Waals surface area contributed by atoms with Crippen molar-refractivity contribution in [1.82, 2.24) is 4.31 Å². The van der Waals surface area contributed by atoms with Crippen LogP contribution in [0.4, 0.5) is 0 Å². The van der Waals surface area contributed by atoms with Gasteiger partial charge in [-0.25, -0.2) is 12.7 Å². The lowest BCUT2D eigenvalue weighted by atomic mass is 9.69. The fourth-order valence-electron chi connectivity index (χ4n) is 8.33. The summed E-state index contributed by atoms with van der Waals surface area (Å²) in [6, 6.07) is -0.200. The van der Waals surface area contributed by atoms with Gasteiger partial charge < -0.3 is 5.11 Å². The van der Waals surface area contributed by atoms with Crippen LogP contribution in [0.3, 0.4) is 0 Å². The predicted molar refractivity (Wildman–Crippen MR) is 111 cm³/mol. The number of carbonyl (C=O) groups excluding carboxylic acids is 1. The van der Waals surface area contributed by atoms with Crippen LogP contribution in [0.2, 0.25) is 0 Å².